The van der Waals surface area contributed by atoms with Gasteiger partial charge in [-0.1, -0.05) is 6.92 Å². The van der Waals surface area contributed by atoms with Crippen LogP contribution in [-0.4, -0.2) is 26.4 Å². The molecule has 1 aromatic heterocycles. The monoisotopic (exact) mass is 292 g/mol. The van der Waals surface area contributed by atoms with Crippen molar-refractivity contribution in [2.45, 2.75) is 50.5 Å². The van der Waals surface area contributed by atoms with Gasteiger partial charge in [-0.3, -0.25) is 9.48 Å². The number of carbonyl (C=O) groups is 1. The Morgan fingerprint density at radius 1 is 1.43 bits per heavy atom. The number of nitrogens with two attached hydrogens (primary N) is 2. The second-order valence-electron chi connectivity index (χ2n) is 6.81. The predicted octanol–water partition coefficient (Wildman–Crippen LogP) is 1.15. The molecule has 1 aromatic rings. The zero-order chi connectivity index (χ0) is 15.4. The smallest absolute Gasteiger partial charge is 0.254 e. The number of hydrogen-bond acceptors (Lipinski definition) is 4. The van der Waals surface area contributed by atoms with Crippen molar-refractivity contribution >= 4 is 11.7 Å². The maximum Gasteiger partial charge on any atom is 0.254 e. The van der Waals surface area contributed by atoms with Crippen LogP contribution in [0.5, 0.6) is 0 Å². The number of amides is 1. The number of carbonyl (C=O) groups excluding carboxylic acids is 1. The molecule has 116 valence electrons. The molecule has 0 aliphatic heterocycles. The molecule has 0 spiro atoms. The molecule has 2 saturated carbocycles. The van der Waals surface area contributed by atoms with E-state index >= 15 is 0 Å². The second kappa shape index (κ2) is 4.73. The van der Waals surface area contributed by atoms with Crippen LogP contribution in [0.25, 0.3) is 0 Å². The first-order chi connectivity index (χ1) is 9.84. The number of primary amides is 1. The van der Waals surface area contributed by atoms with Crippen LogP contribution in [-0.2, 0) is 7.05 Å². The van der Waals surface area contributed by atoms with E-state index in [-0.39, 0.29) is 5.92 Å². The van der Waals surface area contributed by atoms with E-state index in [2.05, 4.69) is 5.10 Å². The first kappa shape index (κ1) is 14.4. The van der Waals surface area contributed by atoms with Crippen molar-refractivity contribution in [3.8, 4) is 0 Å². The number of rotatable bonds is 3. The fraction of sp³-hybridized carbons (Fsp3) is 0.733. The van der Waals surface area contributed by atoms with Gasteiger partial charge in [0.15, 0.2) is 0 Å². The molecule has 2 atom stereocenters. The van der Waals surface area contributed by atoms with Crippen LogP contribution in [0.2, 0.25) is 0 Å². The van der Waals surface area contributed by atoms with E-state index in [4.69, 9.17) is 11.5 Å². The zero-order valence-corrected chi connectivity index (χ0v) is 12.7. The molecule has 0 radical (unpaired) electrons. The van der Waals surface area contributed by atoms with Crippen LogP contribution in [0.3, 0.4) is 0 Å². The van der Waals surface area contributed by atoms with E-state index in [1.165, 1.54) is 4.68 Å². The van der Waals surface area contributed by atoms with Gasteiger partial charge in [0.25, 0.3) is 5.91 Å². The van der Waals surface area contributed by atoms with Gasteiger partial charge in [-0.05, 0) is 43.9 Å². The van der Waals surface area contributed by atoms with Gasteiger partial charge in [0.05, 0.1) is 11.3 Å². The third-order valence-corrected chi connectivity index (χ3v) is 5.54. The highest BCUT2D eigenvalue weighted by Gasteiger charge is 2.49. The fourth-order valence-electron chi connectivity index (χ4n) is 4.38. The summed E-state index contributed by atoms with van der Waals surface area (Å²) in [5, 5.41) is 14.9. The summed E-state index contributed by atoms with van der Waals surface area (Å²) >= 11 is 0. The largest absolute Gasteiger partial charge is 0.390 e. The highest BCUT2D eigenvalue weighted by Crippen LogP contribution is 2.54. The van der Waals surface area contributed by atoms with E-state index in [0.29, 0.717) is 23.2 Å². The van der Waals surface area contributed by atoms with Crippen LogP contribution in [0.1, 0.15) is 61.0 Å². The summed E-state index contributed by atoms with van der Waals surface area (Å²) in [7, 11) is 1.73. The highest BCUT2D eigenvalue weighted by molar-refractivity contribution is 5.98. The molecular formula is C15H24N4O2. The molecule has 3 rings (SSSR count). The number of nitrogen functional groups attached to an aromatic ring is 1. The lowest BCUT2D eigenvalue weighted by Crippen LogP contribution is -2.24. The molecule has 1 heterocycles. The number of anilines is 1. The van der Waals surface area contributed by atoms with Crippen molar-refractivity contribution in [2.24, 2.45) is 24.6 Å². The first-order valence-electron chi connectivity index (χ1n) is 7.69. The molecule has 0 aromatic carbocycles. The maximum atomic E-state index is 11.7. The summed E-state index contributed by atoms with van der Waals surface area (Å²) in [6.45, 7) is 2.04. The lowest BCUT2D eigenvalue weighted by Gasteiger charge is -2.22. The van der Waals surface area contributed by atoms with E-state index in [1.807, 2.05) is 6.92 Å². The third kappa shape index (κ3) is 2.21. The Balaban J connectivity index is 1.83. The van der Waals surface area contributed by atoms with Crippen molar-refractivity contribution in [3.05, 3.63) is 11.3 Å². The van der Waals surface area contributed by atoms with E-state index in [9.17, 15) is 9.90 Å². The predicted molar refractivity (Wildman–Crippen MR) is 79.6 cm³/mol. The highest BCUT2D eigenvalue weighted by atomic mass is 16.3. The lowest BCUT2D eigenvalue weighted by atomic mass is 9.90. The number of hydrogen-bond donors (Lipinski definition) is 3. The molecule has 21 heavy (non-hydrogen) atoms. The Bertz CT molecular complexity index is 566. The Labute approximate surface area is 124 Å². The lowest BCUT2D eigenvalue weighted by molar-refractivity contribution is 0.0343. The van der Waals surface area contributed by atoms with Crippen LogP contribution in [0.15, 0.2) is 0 Å². The quantitative estimate of drug-likeness (QED) is 0.776. The van der Waals surface area contributed by atoms with Gasteiger partial charge < -0.3 is 16.6 Å². The van der Waals surface area contributed by atoms with Crippen LogP contribution < -0.4 is 11.5 Å². The molecule has 6 heteroatoms. The molecule has 2 aliphatic carbocycles. The van der Waals surface area contributed by atoms with Crippen LogP contribution in [0, 0.1) is 11.8 Å². The molecule has 0 bridgehead atoms. The molecule has 2 fully saturated rings. The molecule has 6 nitrogen and oxygen atoms in total. The molecule has 5 N–H and O–H groups in total. The summed E-state index contributed by atoms with van der Waals surface area (Å²) in [5.41, 5.74) is 12.0. The maximum absolute atomic E-state index is 11.7. The SMILES string of the molecule is CCC1(O)CC2CC(c3nn(C)c(N)c3C(N)=O)CC2C1. The van der Waals surface area contributed by atoms with Gasteiger partial charge in [0.2, 0.25) is 0 Å². The van der Waals surface area contributed by atoms with Gasteiger partial charge in [0.1, 0.15) is 11.4 Å². The van der Waals surface area contributed by atoms with Crippen molar-refractivity contribution in [1.82, 2.24) is 9.78 Å². The molecule has 1 amide bonds. The molecule has 2 unspecified atom stereocenters. The van der Waals surface area contributed by atoms with Crippen molar-refractivity contribution in [1.29, 1.82) is 0 Å². The number of nitrogens with zero attached hydrogens (tertiary/aromatic N) is 2. The number of fused-ring (bicyclic) bond motifs is 1. The summed E-state index contributed by atoms with van der Waals surface area (Å²) < 4.78 is 1.53. The van der Waals surface area contributed by atoms with Crippen molar-refractivity contribution in [3.63, 3.8) is 0 Å². The van der Waals surface area contributed by atoms with Gasteiger partial charge in [0, 0.05) is 13.0 Å². The Hall–Kier alpha value is -1.56. The minimum absolute atomic E-state index is 0.229. The second-order valence-corrected chi connectivity index (χ2v) is 6.81. The topological polar surface area (TPSA) is 107 Å². The third-order valence-electron chi connectivity index (χ3n) is 5.54. The van der Waals surface area contributed by atoms with E-state index in [0.717, 1.165) is 37.8 Å². The first-order valence-corrected chi connectivity index (χ1v) is 7.69. The Morgan fingerprint density at radius 2 is 2.00 bits per heavy atom. The van der Waals surface area contributed by atoms with Gasteiger partial charge >= 0.3 is 0 Å². The Morgan fingerprint density at radius 3 is 2.48 bits per heavy atom. The van der Waals surface area contributed by atoms with Gasteiger partial charge in [-0.15, -0.1) is 0 Å². The molecular weight excluding hydrogens is 268 g/mol. The zero-order valence-electron chi connectivity index (χ0n) is 12.7. The average Bonchev–Trinajstić information content (AvgIpc) is 3.00. The molecule has 0 saturated heterocycles. The van der Waals surface area contributed by atoms with Gasteiger partial charge in [-0.25, -0.2) is 0 Å². The minimum atomic E-state index is -0.502. The van der Waals surface area contributed by atoms with E-state index in [1.54, 1.807) is 7.05 Å². The Kier molecular flexibility index (Phi) is 3.24. The summed E-state index contributed by atoms with van der Waals surface area (Å²) in [5.74, 6) is 1.11. The van der Waals surface area contributed by atoms with E-state index < -0.39 is 11.5 Å². The summed E-state index contributed by atoms with van der Waals surface area (Å²) in [6.07, 6.45) is 4.46. The number of aliphatic hydroxyl groups is 1. The minimum Gasteiger partial charge on any atom is -0.390 e. The summed E-state index contributed by atoms with van der Waals surface area (Å²) in [4.78, 5) is 11.7. The van der Waals surface area contributed by atoms with Crippen LogP contribution >= 0.6 is 0 Å². The number of aromatic nitrogens is 2. The van der Waals surface area contributed by atoms with Gasteiger partial charge in [-0.2, -0.15) is 5.10 Å². The molecule has 2 aliphatic rings. The summed E-state index contributed by atoms with van der Waals surface area (Å²) in [6, 6.07) is 0. The van der Waals surface area contributed by atoms with Crippen molar-refractivity contribution < 1.29 is 9.90 Å². The standard InChI is InChI=1S/C15H24N4O2/c1-3-15(21)6-9-4-8(5-10(9)7-15)12-11(14(17)20)13(16)19(2)18-12/h8-10,21H,3-7,16H2,1-2H3,(H2,17,20). The number of aryl methyl sites for hydroxylation is 1. The van der Waals surface area contributed by atoms with Crippen molar-refractivity contribution in [2.75, 3.05) is 5.73 Å². The van der Waals surface area contributed by atoms with Crippen LogP contribution in [0.4, 0.5) is 5.82 Å². The average molecular weight is 292 g/mol. The fourth-order valence-corrected chi connectivity index (χ4v) is 4.38. The normalized spacial score (nSPS) is 35.1.